The zero-order valence-electron chi connectivity index (χ0n) is 8.16. The maximum Gasteiger partial charge on any atom is 0.303 e. The largest absolute Gasteiger partial charge is 0.458 e. The molecular weight excluding hydrogens is 168 g/mol. The lowest BCUT2D eigenvalue weighted by molar-refractivity contribution is -0.144. The lowest BCUT2D eigenvalue weighted by atomic mass is 10.0. The first-order valence-corrected chi connectivity index (χ1v) is 4.43. The Morgan fingerprint density at radius 2 is 2.23 bits per heavy atom. The maximum absolute atomic E-state index is 11.3. The van der Waals surface area contributed by atoms with Crippen molar-refractivity contribution in [1.29, 1.82) is 0 Å². The van der Waals surface area contributed by atoms with Gasteiger partial charge in [-0.2, -0.15) is 0 Å². The third-order valence-electron chi connectivity index (χ3n) is 2.01. The van der Waals surface area contributed by atoms with Gasteiger partial charge < -0.3 is 4.74 Å². The van der Waals surface area contributed by atoms with Gasteiger partial charge in [-0.3, -0.25) is 9.59 Å². The van der Waals surface area contributed by atoms with Crippen LogP contribution in [0.1, 0.15) is 27.2 Å². The summed E-state index contributed by atoms with van der Waals surface area (Å²) in [6.45, 7) is 5.27. The molecule has 3 nitrogen and oxygen atoms in total. The van der Waals surface area contributed by atoms with E-state index < -0.39 is 0 Å². The molecule has 1 rings (SSSR count). The molecule has 1 atom stereocenters. The van der Waals surface area contributed by atoms with E-state index in [0.717, 1.165) is 5.57 Å². The second kappa shape index (κ2) is 3.73. The summed E-state index contributed by atoms with van der Waals surface area (Å²) in [5.74, 6) is -0.0200. The van der Waals surface area contributed by atoms with E-state index in [9.17, 15) is 9.59 Å². The Hall–Kier alpha value is -1.12. The van der Waals surface area contributed by atoms with Crippen LogP contribution >= 0.6 is 0 Å². The molecule has 0 aromatic rings. The van der Waals surface area contributed by atoms with E-state index in [0.29, 0.717) is 6.42 Å². The normalized spacial score (nSPS) is 22.0. The fraction of sp³-hybridized carbons (Fsp3) is 0.600. The summed E-state index contributed by atoms with van der Waals surface area (Å²) in [5, 5.41) is 0. The van der Waals surface area contributed by atoms with Crippen LogP contribution in [0, 0.1) is 5.92 Å². The lowest BCUT2D eigenvalue weighted by Crippen LogP contribution is -2.12. The van der Waals surface area contributed by atoms with Crippen molar-refractivity contribution in [3.63, 3.8) is 0 Å². The molecule has 0 saturated heterocycles. The molecule has 0 spiro atoms. The number of rotatable bonds is 2. The van der Waals surface area contributed by atoms with Gasteiger partial charge in [-0.05, 0) is 17.6 Å². The van der Waals surface area contributed by atoms with Gasteiger partial charge in [-0.1, -0.05) is 13.8 Å². The van der Waals surface area contributed by atoms with Crippen LogP contribution in [-0.4, -0.2) is 17.9 Å². The van der Waals surface area contributed by atoms with Gasteiger partial charge in [0.25, 0.3) is 0 Å². The van der Waals surface area contributed by atoms with Crippen molar-refractivity contribution in [2.75, 3.05) is 0 Å². The number of allylic oxidation sites excluding steroid dienone is 1. The molecule has 1 aliphatic rings. The number of ether oxygens (including phenoxy) is 1. The van der Waals surface area contributed by atoms with Gasteiger partial charge in [0.1, 0.15) is 6.10 Å². The van der Waals surface area contributed by atoms with Gasteiger partial charge in [0.2, 0.25) is 0 Å². The van der Waals surface area contributed by atoms with Crippen molar-refractivity contribution in [1.82, 2.24) is 0 Å². The minimum absolute atomic E-state index is 0.0984. The first-order chi connectivity index (χ1) is 6.00. The molecule has 72 valence electrons. The molecule has 0 heterocycles. The van der Waals surface area contributed by atoms with Gasteiger partial charge >= 0.3 is 5.97 Å². The Bertz CT molecular complexity index is 263. The van der Waals surface area contributed by atoms with E-state index in [2.05, 4.69) is 0 Å². The highest BCUT2D eigenvalue weighted by Gasteiger charge is 2.27. The minimum Gasteiger partial charge on any atom is -0.458 e. The van der Waals surface area contributed by atoms with E-state index in [1.807, 2.05) is 13.8 Å². The van der Waals surface area contributed by atoms with Crippen LogP contribution in [-0.2, 0) is 14.3 Å². The molecule has 0 aromatic heterocycles. The number of hydrogen-bond acceptors (Lipinski definition) is 3. The van der Waals surface area contributed by atoms with Crippen molar-refractivity contribution >= 4 is 11.8 Å². The first-order valence-electron chi connectivity index (χ1n) is 4.43. The number of esters is 1. The average molecular weight is 182 g/mol. The summed E-state index contributed by atoms with van der Waals surface area (Å²) in [6.07, 6.45) is 1.74. The van der Waals surface area contributed by atoms with E-state index in [-0.39, 0.29) is 23.8 Å². The lowest BCUT2D eigenvalue weighted by Gasteiger charge is -2.05. The molecular formula is C10H14O3. The highest BCUT2D eigenvalue weighted by atomic mass is 16.5. The highest BCUT2D eigenvalue weighted by molar-refractivity contribution is 5.98. The molecule has 0 amide bonds. The summed E-state index contributed by atoms with van der Waals surface area (Å²) < 4.78 is 4.93. The van der Waals surface area contributed by atoms with Crippen LogP contribution in [0.2, 0.25) is 0 Å². The number of hydrogen-bond donors (Lipinski definition) is 0. The molecule has 0 saturated carbocycles. The van der Waals surface area contributed by atoms with Crippen molar-refractivity contribution in [3.05, 3.63) is 11.6 Å². The van der Waals surface area contributed by atoms with Crippen molar-refractivity contribution < 1.29 is 14.3 Å². The molecule has 13 heavy (non-hydrogen) atoms. The van der Waals surface area contributed by atoms with Crippen LogP contribution < -0.4 is 0 Å². The maximum atomic E-state index is 11.3. The molecule has 0 unspecified atom stereocenters. The van der Waals surface area contributed by atoms with Crippen LogP contribution in [0.5, 0.6) is 0 Å². The van der Waals surface area contributed by atoms with Gasteiger partial charge in [0.15, 0.2) is 5.78 Å². The fourth-order valence-corrected chi connectivity index (χ4v) is 1.46. The van der Waals surface area contributed by atoms with Crippen LogP contribution in [0.25, 0.3) is 0 Å². The summed E-state index contributed by atoms with van der Waals surface area (Å²) in [6, 6.07) is 0. The molecule has 3 heteroatoms. The molecule has 0 aliphatic heterocycles. The van der Waals surface area contributed by atoms with Gasteiger partial charge in [-0.15, -0.1) is 0 Å². The predicted octanol–water partition coefficient (Wildman–Crippen LogP) is 1.47. The molecule has 0 N–H and O–H groups in total. The summed E-state index contributed by atoms with van der Waals surface area (Å²) in [5.41, 5.74) is 0.784. The molecule has 0 bridgehead atoms. The molecule has 1 aliphatic carbocycles. The Morgan fingerprint density at radius 3 is 2.62 bits per heavy atom. The van der Waals surface area contributed by atoms with Crippen molar-refractivity contribution in [3.8, 4) is 0 Å². The number of carbonyl (C=O) groups is 2. The Kier molecular flexibility index (Phi) is 2.86. The summed E-state index contributed by atoms with van der Waals surface area (Å²) >= 11 is 0. The number of carbonyl (C=O) groups excluding carboxylic acids is 2. The molecule has 0 fully saturated rings. The topological polar surface area (TPSA) is 43.4 Å². The van der Waals surface area contributed by atoms with Crippen LogP contribution in [0.15, 0.2) is 11.6 Å². The van der Waals surface area contributed by atoms with Gasteiger partial charge in [0, 0.05) is 6.92 Å². The number of Topliss-reactive ketones (excluding diaryl/α,β-unsaturated/α-hetero) is 1. The second-order valence-electron chi connectivity index (χ2n) is 3.55. The Morgan fingerprint density at radius 1 is 1.62 bits per heavy atom. The monoisotopic (exact) mass is 182 g/mol. The number of ketones is 1. The van der Waals surface area contributed by atoms with Crippen LogP contribution in [0.3, 0.4) is 0 Å². The fourth-order valence-electron chi connectivity index (χ4n) is 1.46. The third kappa shape index (κ3) is 2.41. The van der Waals surface area contributed by atoms with Crippen molar-refractivity contribution in [2.45, 2.75) is 33.3 Å². The minimum atomic E-state index is -0.334. The van der Waals surface area contributed by atoms with E-state index in [1.54, 1.807) is 6.08 Å². The van der Waals surface area contributed by atoms with Crippen LogP contribution in [0.4, 0.5) is 0 Å². The quantitative estimate of drug-likeness (QED) is 0.607. The summed E-state index contributed by atoms with van der Waals surface area (Å²) in [7, 11) is 0. The van der Waals surface area contributed by atoms with Gasteiger partial charge in [-0.25, -0.2) is 0 Å². The summed E-state index contributed by atoms with van der Waals surface area (Å²) in [4.78, 5) is 22.0. The second-order valence-corrected chi connectivity index (χ2v) is 3.55. The highest BCUT2D eigenvalue weighted by Crippen LogP contribution is 2.23. The Balaban J connectivity index is 2.66. The SMILES string of the molecule is CC(=O)O[C@H]1C=C(C(C)C)C(=O)C1. The van der Waals surface area contributed by atoms with Crippen molar-refractivity contribution in [2.24, 2.45) is 5.92 Å². The third-order valence-corrected chi connectivity index (χ3v) is 2.01. The Labute approximate surface area is 77.8 Å². The predicted molar refractivity (Wildman–Crippen MR) is 48.1 cm³/mol. The average Bonchev–Trinajstić information content (AvgIpc) is 2.29. The zero-order valence-corrected chi connectivity index (χ0v) is 8.16. The van der Waals surface area contributed by atoms with E-state index in [4.69, 9.17) is 4.74 Å². The first kappa shape index (κ1) is 9.96. The van der Waals surface area contributed by atoms with E-state index in [1.165, 1.54) is 6.92 Å². The zero-order chi connectivity index (χ0) is 10.0. The van der Waals surface area contributed by atoms with Gasteiger partial charge in [0.05, 0.1) is 6.42 Å². The molecule has 0 radical (unpaired) electrons. The smallest absolute Gasteiger partial charge is 0.303 e. The standard InChI is InChI=1S/C10H14O3/c1-6(2)9-4-8(5-10(9)12)13-7(3)11/h4,6,8H,5H2,1-3H3/t8-/m0/s1. The van der Waals surface area contributed by atoms with E-state index >= 15 is 0 Å². The molecule has 0 aromatic carbocycles.